The Balaban J connectivity index is 2.96. The van der Waals surface area contributed by atoms with Crippen LogP contribution in [0, 0.1) is 0 Å². The number of aliphatic hydroxyl groups is 1. The highest BCUT2D eigenvalue weighted by atomic mass is 35.5. The van der Waals surface area contributed by atoms with E-state index in [1.165, 1.54) is 0 Å². The largest absolute Gasteiger partial charge is 0.389 e. The van der Waals surface area contributed by atoms with Crippen molar-refractivity contribution >= 4 is 17.3 Å². The maximum Gasteiger partial charge on any atom is 0.0776 e. The van der Waals surface area contributed by atoms with Crippen molar-refractivity contribution in [2.45, 2.75) is 32.9 Å². The number of rotatable bonds is 6. The summed E-state index contributed by atoms with van der Waals surface area (Å²) in [6, 6.07) is 6.30. The van der Waals surface area contributed by atoms with Gasteiger partial charge in [-0.2, -0.15) is 0 Å². The van der Waals surface area contributed by atoms with E-state index in [0.717, 1.165) is 24.3 Å². The molecule has 0 radical (unpaired) electrons. The molecule has 108 valence electrons. The van der Waals surface area contributed by atoms with E-state index in [-0.39, 0.29) is 0 Å². The van der Waals surface area contributed by atoms with Crippen molar-refractivity contribution in [1.29, 1.82) is 0 Å². The SMILES string of the molecule is CCN(c1ccc(C(C)O)c(Cl)c1)C(C)CN(C)C. The van der Waals surface area contributed by atoms with E-state index in [1.807, 2.05) is 18.2 Å². The fraction of sp³-hybridized carbons (Fsp3) is 0.600. The molecule has 19 heavy (non-hydrogen) atoms. The molecule has 1 aromatic rings. The highest BCUT2D eigenvalue weighted by Gasteiger charge is 2.15. The number of likely N-dealkylation sites (N-methyl/N-ethyl adjacent to an activating group) is 2. The van der Waals surface area contributed by atoms with Crippen LogP contribution in [0.5, 0.6) is 0 Å². The first-order chi connectivity index (χ1) is 8.86. The van der Waals surface area contributed by atoms with Crippen LogP contribution in [0.2, 0.25) is 5.02 Å². The molecule has 2 atom stereocenters. The predicted molar refractivity (Wildman–Crippen MR) is 83.1 cm³/mol. The number of hydrogen-bond donors (Lipinski definition) is 1. The summed E-state index contributed by atoms with van der Waals surface area (Å²) in [4.78, 5) is 4.50. The van der Waals surface area contributed by atoms with Crippen molar-refractivity contribution in [3.05, 3.63) is 28.8 Å². The van der Waals surface area contributed by atoms with Gasteiger partial charge in [-0.15, -0.1) is 0 Å². The Morgan fingerprint density at radius 3 is 2.32 bits per heavy atom. The van der Waals surface area contributed by atoms with E-state index in [0.29, 0.717) is 11.1 Å². The van der Waals surface area contributed by atoms with Crippen molar-refractivity contribution < 1.29 is 5.11 Å². The van der Waals surface area contributed by atoms with Crippen LogP contribution in [0.4, 0.5) is 5.69 Å². The lowest BCUT2D eigenvalue weighted by Gasteiger charge is -2.32. The van der Waals surface area contributed by atoms with Crippen LogP contribution in [0.15, 0.2) is 18.2 Å². The summed E-state index contributed by atoms with van der Waals surface area (Å²) in [7, 11) is 4.15. The third-order valence-electron chi connectivity index (χ3n) is 3.27. The third-order valence-corrected chi connectivity index (χ3v) is 3.60. The highest BCUT2D eigenvalue weighted by Crippen LogP contribution is 2.28. The first-order valence-corrected chi connectivity index (χ1v) is 7.13. The van der Waals surface area contributed by atoms with Gasteiger partial charge in [-0.3, -0.25) is 0 Å². The molecule has 3 nitrogen and oxygen atoms in total. The average Bonchev–Trinajstić information content (AvgIpc) is 2.28. The maximum atomic E-state index is 9.61. The molecule has 0 saturated carbocycles. The molecule has 1 rings (SSSR count). The second kappa shape index (κ2) is 7.13. The standard InChI is InChI=1S/C15H25ClN2O/c1-6-18(11(2)10-17(4)5)13-7-8-14(12(3)19)15(16)9-13/h7-9,11-12,19H,6,10H2,1-5H3. The Hall–Kier alpha value is -0.770. The van der Waals surface area contributed by atoms with Gasteiger partial charge in [0.15, 0.2) is 0 Å². The van der Waals surface area contributed by atoms with E-state index in [1.54, 1.807) is 6.92 Å². The molecule has 0 bridgehead atoms. The fourth-order valence-corrected chi connectivity index (χ4v) is 2.74. The van der Waals surface area contributed by atoms with Crippen molar-refractivity contribution in [2.24, 2.45) is 0 Å². The first-order valence-electron chi connectivity index (χ1n) is 6.75. The Labute approximate surface area is 121 Å². The van der Waals surface area contributed by atoms with Gasteiger partial charge in [0, 0.05) is 29.8 Å². The van der Waals surface area contributed by atoms with Gasteiger partial charge < -0.3 is 14.9 Å². The molecule has 0 amide bonds. The maximum absolute atomic E-state index is 9.61. The minimum Gasteiger partial charge on any atom is -0.389 e. The molecule has 1 aromatic carbocycles. The number of anilines is 1. The van der Waals surface area contributed by atoms with Crippen molar-refractivity contribution in [3.8, 4) is 0 Å². The summed E-state index contributed by atoms with van der Waals surface area (Å²) in [5.41, 5.74) is 1.88. The number of nitrogens with zero attached hydrogens (tertiary/aromatic N) is 2. The van der Waals surface area contributed by atoms with Crippen LogP contribution in [0.25, 0.3) is 0 Å². The van der Waals surface area contributed by atoms with E-state index >= 15 is 0 Å². The lowest BCUT2D eigenvalue weighted by atomic mass is 10.1. The van der Waals surface area contributed by atoms with Crippen LogP contribution in [0.1, 0.15) is 32.4 Å². The van der Waals surface area contributed by atoms with E-state index in [9.17, 15) is 5.11 Å². The summed E-state index contributed by atoms with van der Waals surface area (Å²) in [6.07, 6.45) is -0.532. The van der Waals surface area contributed by atoms with Crippen LogP contribution >= 0.6 is 11.6 Å². The topological polar surface area (TPSA) is 26.7 Å². The Morgan fingerprint density at radius 2 is 1.89 bits per heavy atom. The minimum absolute atomic E-state index is 0.411. The zero-order valence-electron chi connectivity index (χ0n) is 12.5. The van der Waals surface area contributed by atoms with Gasteiger partial charge in [0.25, 0.3) is 0 Å². The third kappa shape index (κ3) is 4.37. The quantitative estimate of drug-likeness (QED) is 0.869. The van der Waals surface area contributed by atoms with Crippen molar-refractivity contribution in [3.63, 3.8) is 0 Å². The number of aliphatic hydroxyl groups excluding tert-OH is 1. The fourth-order valence-electron chi connectivity index (χ4n) is 2.41. The zero-order chi connectivity index (χ0) is 14.6. The smallest absolute Gasteiger partial charge is 0.0776 e. The molecule has 0 heterocycles. The molecule has 0 fully saturated rings. The second-order valence-corrected chi connectivity index (χ2v) is 5.69. The number of hydrogen-bond acceptors (Lipinski definition) is 3. The molecule has 2 unspecified atom stereocenters. The van der Waals surface area contributed by atoms with E-state index < -0.39 is 6.10 Å². The molecule has 0 aliphatic rings. The van der Waals surface area contributed by atoms with Crippen LogP contribution in [-0.4, -0.2) is 43.2 Å². The number of halogens is 1. The summed E-state index contributed by atoms with van der Waals surface area (Å²) in [5, 5.41) is 10.2. The lowest BCUT2D eigenvalue weighted by molar-refractivity contribution is 0.199. The molecule has 0 spiro atoms. The Kier molecular flexibility index (Phi) is 6.11. The van der Waals surface area contributed by atoms with Gasteiger partial charge in [-0.05, 0) is 52.6 Å². The second-order valence-electron chi connectivity index (χ2n) is 5.28. The Morgan fingerprint density at radius 1 is 1.26 bits per heavy atom. The molecule has 0 aliphatic heterocycles. The summed E-state index contributed by atoms with van der Waals surface area (Å²) >= 11 is 6.24. The van der Waals surface area contributed by atoms with E-state index in [2.05, 4.69) is 37.7 Å². The summed E-state index contributed by atoms with van der Waals surface area (Å²) in [6.45, 7) is 8.00. The summed E-state index contributed by atoms with van der Waals surface area (Å²) < 4.78 is 0. The first kappa shape index (κ1) is 16.3. The molecular formula is C15H25ClN2O. The monoisotopic (exact) mass is 284 g/mol. The van der Waals surface area contributed by atoms with Gasteiger partial charge in [0.05, 0.1) is 6.10 Å². The predicted octanol–water partition coefficient (Wildman–Crippen LogP) is 3.17. The molecule has 0 aromatic heterocycles. The zero-order valence-corrected chi connectivity index (χ0v) is 13.3. The van der Waals surface area contributed by atoms with Gasteiger partial charge in [-0.1, -0.05) is 17.7 Å². The van der Waals surface area contributed by atoms with Crippen LogP contribution in [-0.2, 0) is 0 Å². The van der Waals surface area contributed by atoms with Crippen LogP contribution in [0.3, 0.4) is 0 Å². The molecule has 1 N–H and O–H groups in total. The molecular weight excluding hydrogens is 260 g/mol. The highest BCUT2D eigenvalue weighted by molar-refractivity contribution is 6.31. The van der Waals surface area contributed by atoms with E-state index in [4.69, 9.17) is 11.6 Å². The average molecular weight is 285 g/mol. The lowest BCUT2D eigenvalue weighted by Crippen LogP contribution is -2.40. The van der Waals surface area contributed by atoms with Gasteiger partial charge in [0.2, 0.25) is 0 Å². The van der Waals surface area contributed by atoms with Gasteiger partial charge >= 0.3 is 0 Å². The molecule has 4 heteroatoms. The summed E-state index contributed by atoms with van der Waals surface area (Å²) in [5.74, 6) is 0. The van der Waals surface area contributed by atoms with Gasteiger partial charge in [-0.25, -0.2) is 0 Å². The van der Waals surface area contributed by atoms with Crippen molar-refractivity contribution in [1.82, 2.24) is 4.90 Å². The minimum atomic E-state index is -0.532. The molecule has 0 saturated heterocycles. The Bertz CT molecular complexity index is 407. The molecule has 0 aliphatic carbocycles. The van der Waals surface area contributed by atoms with Crippen molar-refractivity contribution in [2.75, 3.05) is 32.1 Å². The number of benzene rings is 1. The van der Waals surface area contributed by atoms with Crippen LogP contribution < -0.4 is 4.90 Å². The normalized spacial score (nSPS) is 14.5. The van der Waals surface area contributed by atoms with Gasteiger partial charge in [0.1, 0.15) is 0 Å².